The Morgan fingerprint density at radius 3 is 2.43 bits per heavy atom. The Labute approximate surface area is 65.4 Å². The molecule has 0 aliphatic rings. The van der Waals surface area contributed by atoms with Gasteiger partial charge in [-0.25, -0.2) is 0 Å². The molecule has 0 radical (unpaired) electrons. The van der Waals surface area contributed by atoms with E-state index in [1.54, 1.807) is 6.20 Å². The van der Waals surface area contributed by atoms with Gasteiger partial charge in [0.25, 0.3) is 0 Å². The van der Waals surface area contributed by atoms with Crippen molar-refractivity contribution >= 4 is 0 Å². The molecule has 1 aromatic rings. The van der Waals surface area contributed by atoms with Gasteiger partial charge in [0, 0.05) is 0 Å². The largest absolute Gasteiger partial charge is 1.00 e. The minimum absolute atomic E-state index is 0. The van der Waals surface area contributed by atoms with Crippen LogP contribution in [0.15, 0.2) is 18.5 Å². The summed E-state index contributed by atoms with van der Waals surface area (Å²) in [5.41, 5.74) is 1.23. The summed E-state index contributed by atoms with van der Waals surface area (Å²) in [5.74, 6) is 0. The van der Waals surface area contributed by atoms with E-state index >= 15 is 0 Å². The molecule has 0 N–H and O–H groups in total. The third-order valence-electron chi connectivity index (χ3n) is 0.702. The van der Waals surface area contributed by atoms with Gasteiger partial charge in [0.05, 0.1) is 0 Å². The van der Waals surface area contributed by atoms with Gasteiger partial charge in [0.15, 0.2) is 0 Å². The van der Waals surface area contributed by atoms with Gasteiger partial charge in [-0.1, -0.05) is 11.6 Å². The van der Waals surface area contributed by atoms with Crippen molar-refractivity contribution in [3.05, 3.63) is 24.0 Å². The first-order valence-corrected chi connectivity index (χ1v) is 1.93. The molecule has 32 valence electrons. The quantitative estimate of drug-likeness (QED) is 0.345. The summed E-state index contributed by atoms with van der Waals surface area (Å²) in [6, 6.07) is 1.97. The molecule has 0 aliphatic heterocycles. The van der Waals surface area contributed by atoms with Crippen LogP contribution >= 0.6 is 0 Å². The van der Waals surface area contributed by atoms with Crippen LogP contribution in [0.25, 0.3) is 0 Å². The second-order valence-corrected chi connectivity index (χ2v) is 1.34. The Morgan fingerprint density at radius 2 is 2.29 bits per heavy atom. The van der Waals surface area contributed by atoms with E-state index in [0.717, 1.165) is 0 Å². The molecule has 0 bridgehead atoms. The Morgan fingerprint density at radius 1 is 1.57 bits per heavy atom. The van der Waals surface area contributed by atoms with Crippen LogP contribution in [0.5, 0.6) is 0 Å². The normalized spacial score (nSPS) is 7.57. The number of aromatic nitrogens is 1. The van der Waals surface area contributed by atoms with Crippen molar-refractivity contribution < 1.29 is 29.6 Å². The van der Waals surface area contributed by atoms with Gasteiger partial charge in [-0.3, -0.25) is 0 Å². The van der Waals surface area contributed by atoms with Crippen molar-refractivity contribution in [3.8, 4) is 0 Å². The van der Waals surface area contributed by atoms with E-state index in [9.17, 15) is 0 Å². The molecular formula is C5H6NNa. The topological polar surface area (TPSA) is 14.1 Å². The van der Waals surface area contributed by atoms with E-state index in [1.807, 2.05) is 19.2 Å². The summed E-state index contributed by atoms with van der Waals surface area (Å²) in [5, 5.41) is 0. The minimum atomic E-state index is 0. The molecule has 2 heteroatoms. The van der Waals surface area contributed by atoms with Gasteiger partial charge in [-0.2, -0.15) is 12.4 Å². The molecule has 0 spiro atoms. The smallest absolute Gasteiger partial charge is 0.670 e. The predicted octanol–water partition coefficient (Wildman–Crippen LogP) is -2.04. The summed E-state index contributed by atoms with van der Waals surface area (Å²) in [6.45, 7) is 2.02. The average molecular weight is 103 g/mol. The minimum Gasteiger partial charge on any atom is -0.670 e. The molecule has 0 unspecified atom stereocenters. The first-order chi connectivity index (χ1) is 2.89. The van der Waals surface area contributed by atoms with Gasteiger partial charge in [0.2, 0.25) is 0 Å². The van der Waals surface area contributed by atoms with E-state index in [2.05, 4.69) is 4.98 Å². The predicted molar refractivity (Wildman–Crippen MR) is 24.5 cm³/mol. The van der Waals surface area contributed by atoms with Crippen molar-refractivity contribution in [2.24, 2.45) is 0 Å². The molecule has 0 aliphatic carbocycles. The molecular weight excluding hydrogens is 97.1 g/mol. The van der Waals surface area contributed by atoms with Gasteiger partial charge in [0.1, 0.15) is 0 Å². The maximum Gasteiger partial charge on any atom is 1.00 e. The number of nitrogens with zero attached hydrogens (tertiary/aromatic N) is 1. The van der Waals surface area contributed by atoms with Crippen LogP contribution in [-0.4, -0.2) is 0 Å². The molecule has 1 rings (SSSR count). The number of aryl methyl sites for hydroxylation is 1. The fourth-order valence-electron chi connectivity index (χ4n) is 0.364. The monoisotopic (exact) mass is 103 g/mol. The fourth-order valence-corrected chi connectivity index (χ4v) is 0.364. The second kappa shape index (κ2) is 3.30. The van der Waals surface area contributed by atoms with E-state index in [4.69, 9.17) is 0 Å². The van der Waals surface area contributed by atoms with Crippen LogP contribution < -0.4 is 34.5 Å². The van der Waals surface area contributed by atoms with Gasteiger partial charge < -0.3 is 4.98 Å². The van der Waals surface area contributed by atoms with E-state index in [0.29, 0.717) is 0 Å². The first kappa shape index (κ1) is 7.28. The first-order valence-electron chi connectivity index (χ1n) is 1.93. The molecule has 0 fully saturated rings. The summed E-state index contributed by atoms with van der Waals surface area (Å²) in [6.07, 6.45) is 3.62. The molecule has 1 nitrogen and oxygen atoms in total. The van der Waals surface area contributed by atoms with Crippen LogP contribution in [0.4, 0.5) is 0 Å². The zero-order valence-electron chi connectivity index (χ0n) is 4.68. The van der Waals surface area contributed by atoms with E-state index in [1.165, 1.54) is 5.56 Å². The van der Waals surface area contributed by atoms with Gasteiger partial charge in [-0.15, -0.1) is 0 Å². The number of hydrogen-bond acceptors (Lipinski definition) is 0. The van der Waals surface area contributed by atoms with Gasteiger partial charge in [-0.05, 0) is 6.92 Å². The Hall–Kier alpha value is 0.280. The zero-order chi connectivity index (χ0) is 4.41. The summed E-state index contributed by atoms with van der Waals surface area (Å²) in [7, 11) is 0. The molecule has 0 aromatic carbocycles. The molecule has 0 saturated carbocycles. The molecule has 7 heavy (non-hydrogen) atoms. The van der Waals surface area contributed by atoms with E-state index in [-0.39, 0.29) is 29.6 Å². The number of rotatable bonds is 0. The summed E-state index contributed by atoms with van der Waals surface area (Å²) in [4.78, 5) is 3.82. The van der Waals surface area contributed by atoms with Crippen molar-refractivity contribution in [2.75, 3.05) is 0 Å². The Balaban J connectivity index is 0.000000360. The molecule has 0 amide bonds. The van der Waals surface area contributed by atoms with Crippen LogP contribution in [-0.2, 0) is 0 Å². The average Bonchev–Trinajstić information content (AvgIpc) is 1.86. The third-order valence-corrected chi connectivity index (χ3v) is 0.702. The second-order valence-electron chi connectivity index (χ2n) is 1.34. The Bertz CT molecular complexity index is 112. The third kappa shape index (κ3) is 2.17. The fraction of sp³-hybridized carbons (Fsp3) is 0.200. The van der Waals surface area contributed by atoms with Crippen molar-refractivity contribution in [3.63, 3.8) is 0 Å². The van der Waals surface area contributed by atoms with Crippen LogP contribution in [0.3, 0.4) is 0 Å². The summed E-state index contributed by atoms with van der Waals surface area (Å²) < 4.78 is 0. The maximum absolute atomic E-state index is 3.82. The molecule has 0 saturated heterocycles. The summed E-state index contributed by atoms with van der Waals surface area (Å²) >= 11 is 0. The van der Waals surface area contributed by atoms with Crippen molar-refractivity contribution in [1.82, 2.24) is 4.98 Å². The molecule has 1 aromatic heterocycles. The van der Waals surface area contributed by atoms with Crippen LogP contribution in [0.1, 0.15) is 5.56 Å². The van der Waals surface area contributed by atoms with Crippen molar-refractivity contribution in [1.29, 1.82) is 0 Å². The zero-order valence-corrected chi connectivity index (χ0v) is 6.68. The van der Waals surface area contributed by atoms with Crippen molar-refractivity contribution in [2.45, 2.75) is 6.92 Å². The Kier molecular flexibility index (Phi) is 3.44. The number of hydrogen-bond donors (Lipinski definition) is 0. The maximum atomic E-state index is 3.82. The molecule has 0 atom stereocenters. The molecule has 1 heterocycles. The van der Waals surface area contributed by atoms with Crippen LogP contribution in [0.2, 0.25) is 0 Å². The van der Waals surface area contributed by atoms with Crippen LogP contribution in [0, 0.1) is 6.92 Å². The van der Waals surface area contributed by atoms with Gasteiger partial charge >= 0.3 is 29.6 Å². The SMILES string of the molecule is Cc1cc[n-]c1.[Na+]. The van der Waals surface area contributed by atoms with E-state index < -0.39 is 0 Å². The standard InChI is InChI=1S/C5H6N.Na/c1-5-2-3-6-4-5;/h2-4H,1H3;/q-1;+1.